The highest BCUT2D eigenvalue weighted by molar-refractivity contribution is 5.26. The van der Waals surface area contributed by atoms with Crippen LogP contribution in [-0.2, 0) is 11.3 Å². The van der Waals surface area contributed by atoms with Crippen molar-refractivity contribution in [2.45, 2.75) is 32.4 Å². The van der Waals surface area contributed by atoms with Gasteiger partial charge in [0.25, 0.3) is 0 Å². The first-order chi connectivity index (χ1) is 8.79. The molecule has 18 heavy (non-hydrogen) atoms. The average molecular weight is 254 g/mol. The Bertz CT molecular complexity index is 381. The van der Waals surface area contributed by atoms with Crippen molar-refractivity contribution >= 4 is 0 Å². The van der Waals surface area contributed by atoms with Gasteiger partial charge >= 0.3 is 0 Å². The fourth-order valence-corrected chi connectivity index (χ4v) is 1.86. The van der Waals surface area contributed by atoms with E-state index in [-0.39, 0.29) is 11.9 Å². The lowest BCUT2D eigenvalue weighted by molar-refractivity contribution is 0.137. The Morgan fingerprint density at radius 1 is 1.61 bits per heavy atom. The van der Waals surface area contributed by atoms with Gasteiger partial charge in [-0.25, -0.2) is 9.37 Å². The number of halogens is 1. The van der Waals surface area contributed by atoms with E-state index in [9.17, 15) is 4.39 Å². The number of nitrogens with zero attached hydrogens (tertiary/aromatic N) is 1. The molecule has 1 atom stereocenters. The molecule has 1 aromatic heterocycles. The fraction of sp³-hybridized carbons (Fsp3) is 0.615. The molecular formula is C13H19FN2O2. The molecule has 1 unspecified atom stereocenters. The molecule has 0 spiro atoms. The van der Waals surface area contributed by atoms with E-state index in [0.717, 1.165) is 31.6 Å². The lowest BCUT2D eigenvalue weighted by Crippen LogP contribution is -2.20. The molecule has 1 saturated heterocycles. The van der Waals surface area contributed by atoms with Crippen LogP contribution in [0.4, 0.5) is 4.39 Å². The van der Waals surface area contributed by atoms with Crippen LogP contribution in [0.5, 0.6) is 5.88 Å². The predicted octanol–water partition coefficient (Wildman–Crippen LogP) is 1.89. The molecule has 0 aromatic carbocycles. The predicted molar refractivity (Wildman–Crippen MR) is 66.0 cm³/mol. The molecule has 4 nitrogen and oxygen atoms in total. The first kappa shape index (κ1) is 13.2. The fourth-order valence-electron chi connectivity index (χ4n) is 1.86. The maximum Gasteiger partial charge on any atom is 0.218 e. The number of hydrogen-bond donors (Lipinski definition) is 1. The van der Waals surface area contributed by atoms with Gasteiger partial charge in [-0.1, -0.05) is 6.92 Å². The Hall–Kier alpha value is -1.20. The molecule has 100 valence electrons. The lowest BCUT2D eigenvalue weighted by atomic mass is 10.2. The maximum absolute atomic E-state index is 13.2. The first-order valence-electron chi connectivity index (χ1n) is 6.39. The van der Waals surface area contributed by atoms with E-state index in [1.165, 1.54) is 12.3 Å². The zero-order valence-corrected chi connectivity index (χ0v) is 10.6. The second-order valence-corrected chi connectivity index (χ2v) is 4.40. The smallest absolute Gasteiger partial charge is 0.218 e. The highest BCUT2D eigenvalue weighted by Gasteiger charge is 2.19. The molecule has 1 aliphatic rings. The molecule has 1 fully saturated rings. The third kappa shape index (κ3) is 3.65. The lowest BCUT2D eigenvalue weighted by Gasteiger charge is -2.14. The summed E-state index contributed by atoms with van der Waals surface area (Å²) in [5.74, 6) is 0.175. The topological polar surface area (TPSA) is 43.4 Å². The Balaban J connectivity index is 2.02. The summed E-state index contributed by atoms with van der Waals surface area (Å²) in [5, 5.41) is 3.23. The Labute approximate surface area is 107 Å². The summed E-state index contributed by atoms with van der Waals surface area (Å²) in [4.78, 5) is 4.03. The number of aromatic nitrogens is 1. The molecule has 0 bridgehead atoms. The van der Waals surface area contributed by atoms with Gasteiger partial charge in [0, 0.05) is 18.5 Å². The van der Waals surface area contributed by atoms with Gasteiger partial charge in [0.1, 0.15) is 11.9 Å². The number of ether oxygens (including phenoxy) is 2. The van der Waals surface area contributed by atoms with Crippen molar-refractivity contribution in [2.24, 2.45) is 0 Å². The van der Waals surface area contributed by atoms with E-state index in [4.69, 9.17) is 9.47 Å². The quantitative estimate of drug-likeness (QED) is 0.787. The first-order valence-corrected chi connectivity index (χ1v) is 6.39. The molecule has 1 N–H and O–H groups in total. The normalized spacial score (nSPS) is 19.1. The van der Waals surface area contributed by atoms with Crippen LogP contribution in [0.3, 0.4) is 0 Å². The van der Waals surface area contributed by atoms with Crippen molar-refractivity contribution in [1.29, 1.82) is 0 Å². The number of hydrogen-bond acceptors (Lipinski definition) is 4. The van der Waals surface area contributed by atoms with Gasteiger partial charge in [0.2, 0.25) is 5.88 Å². The van der Waals surface area contributed by atoms with E-state index in [2.05, 4.69) is 17.2 Å². The van der Waals surface area contributed by atoms with E-state index < -0.39 is 0 Å². The summed E-state index contributed by atoms with van der Waals surface area (Å²) in [6, 6.07) is 1.47. The van der Waals surface area contributed by atoms with Crippen molar-refractivity contribution in [2.75, 3.05) is 19.8 Å². The van der Waals surface area contributed by atoms with Crippen LogP contribution >= 0.6 is 0 Å². The molecule has 0 radical (unpaired) electrons. The number of rotatable bonds is 6. The van der Waals surface area contributed by atoms with Gasteiger partial charge in [-0.2, -0.15) is 0 Å². The van der Waals surface area contributed by atoms with Gasteiger partial charge in [0.15, 0.2) is 0 Å². The minimum Gasteiger partial charge on any atom is -0.472 e. The maximum atomic E-state index is 13.2. The van der Waals surface area contributed by atoms with Gasteiger partial charge in [-0.05, 0) is 19.0 Å². The van der Waals surface area contributed by atoms with E-state index in [0.29, 0.717) is 19.0 Å². The average Bonchev–Trinajstić information content (AvgIpc) is 2.86. The van der Waals surface area contributed by atoms with Gasteiger partial charge in [0.05, 0.1) is 19.4 Å². The van der Waals surface area contributed by atoms with Crippen LogP contribution in [0.15, 0.2) is 12.3 Å². The third-order valence-electron chi connectivity index (χ3n) is 2.80. The van der Waals surface area contributed by atoms with E-state index >= 15 is 0 Å². The van der Waals surface area contributed by atoms with Crippen molar-refractivity contribution in [3.63, 3.8) is 0 Å². The highest BCUT2D eigenvalue weighted by atomic mass is 19.1. The van der Waals surface area contributed by atoms with Gasteiger partial charge in [-0.15, -0.1) is 0 Å². The van der Waals surface area contributed by atoms with Crippen molar-refractivity contribution in [3.05, 3.63) is 23.6 Å². The minimum absolute atomic E-state index is 0.0351. The molecule has 0 amide bonds. The Morgan fingerprint density at radius 2 is 2.50 bits per heavy atom. The number of nitrogens with one attached hydrogen (secondary N) is 1. The monoisotopic (exact) mass is 254 g/mol. The summed E-state index contributed by atoms with van der Waals surface area (Å²) in [6.07, 6.45) is 3.12. The second-order valence-electron chi connectivity index (χ2n) is 4.40. The molecule has 2 heterocycles. The summed E-state index contributed by atoms with van der Waals surface area (Å²) >= 11 is 0. The molecule has 2 rings (SSSR count). The van der Waals surface area contributed by atoms with Crippen LogP contribution < -0.4 is 10.1 Å². The SMILES string of the molecule is CCCNCc1cc(F)cnc1OC1CCOC1. The molecule has 1 aromatic rings. The standard InChI is InChI=1S/C13H19FN2O2/c1-2-4-15-7-10-6-11(14)8-16-13(10)18-12-3-5-17-9-12/h6,8,12,15H,2-5,7,9H2,1H3. The molecular weight excluding hydrogens is 235 g/mol. The highest BCUT2D eigenvalue weighted by Crippen LogP contribution is 2.20. The molecule has 5 heteroatoms. The summed E-state index contributed by atoms with van der Waals surface area (Å²) in [7, 11) is 0. The summed E-state index contributed by atoms with van der Waals surface area (Å²) in [6.45, 7) is 4.85. The zero-order valence-electron chi connectivity index (χ0n) is 10.6. The second kappa shape index (κ2) is 6.66. The van der Waals surface area contributed by atoms with Crippen molar-refractivity contribution < 1.29 is 13.9 Å². The summed E-state index contributed by atoms with van der Waals surface area (Å²) in [5.41, 5.74) is 0.760. The van der Waals surface area contributed by atoms with Gasteiger partial charge < -0.3 is 14.8 Å². The van der Waals surface area contributed by atoms with Crippen molar-refractivity contribution in [3.8, 4) is 5.88 Å². The molecule has 1 aliphatic heterocycles. The summed E-state index contributed by atoms with van der Waals surface area (Å²) < 4.78 is 24.2. The van der Waals surface area contributed by atoms with Gasteiger partial charge in [-0.3, -0.25) is 0 Å². The van der Waals surface area contributed by atoms with Crippen LogP contribution in [0, 0.1) is 5.82 Å². The van der Waals surface area contributed by atoms with Crippen LogP contribution in [0.1, 0.15) is 25.3 Å². The molecule has 0 saturated carbocycles. The largest absolute Gasteiger partial charge is 0.472 e. The van der Waals surface area contributed by atoms with Crippen molar-refractivity contribution in [1.82, 2.24) is 10.3 Å². The van der Waals surface area contributed by atoms with Crippen LogP contribution in [-0.4, -0.2) is 30.8 Å². The van der Waals surface area contributed by atoms with Crippen LogP contribution in [0.2, 0.25) is 0 Å². The Morgan fingerprint density at radius 3 is 3.22 bits per heavy atom. The minimum atomic E-state index is -0.335. The molecule has 0 aliphatic carbocycles. The van der Waals surface area contributed by atoms with E-state index in [1.54, 1.807) is 0 Å². The number of pyridine rings is 1. The third-order valence-corrected chi connectivity index (χ3v) is 2.80. The van der Waals surface area contributed by atoms with Crippen LogP contribution in [0.25, 0.3) is 0 Å². The Kier molecular flexibility index (Phi) is 4.90. The van der Waals surface area contributed by atoms with E-state index in [1.807, 2.05) is 0 Å². The zero-order chi connectivity index (χ0) is 12.8.